The highest BCUT2D eigenvalue weighted by atomic mass is 16.2. The number of hydrogen-bond acceptors (Lipinski definition) is 10. The highest BCUT2D eigenvalue weighted by Crippen LogP contribution is 2.21. The molecule has 5 aromatic heterocycles. The van der Waals surface area contributed by atoms with Gasteiger partial charge in [-0.25, -0.2) is 29.9 Å². The van der Waals surface area contributed by atoms with Crippen LogP contribution in [-0.4, -0.2) is 53.5 Å². The van der Waals surface area contributed by atoms with Gasteiger partial charge < -0.3 is 21.3 Å². The van der Waals surface area contributed by atoms with Crippen molar-refractivity contribution in [3.8, 4) is 0 Å². The molecule has 0 bridgehead atoms. The van der Waals surface area contributed by atoms with E-state index in [2.05, 4.69) is 41.2 Å². The first-order valence-electron chi connectivity index (χ1n) is 16.6. The van der Waals surface area contributed by atoms with Crippen molar-refractivity contribution in [3.63, 3.8) is 0 Å². The molecule has 0 atom stereocenters. The molecule has 14 heteroatoms. The summed E-state index contributed by atoms with van der Waals surface area (Å²) >= 11 is 0. The summed E-state index contributed by atoms with van der Waals surface area (Å²) in [6.45, 7) is 5.63. The Kier molecular flexibility index (Phi) is 12.7. The van der Waals surface area contributed by atoms with E-state index in [1.165, 1.54) is 27.7 Å². The zero-order chi connectivity index (χ0) is 38.5. The van der Waals surface area contributed by atoms with Crippen LogP contribution in [0.1, 0.15) is 73.2 Å². The van der Waals surface area contributed by atoms with E-state index >= 15 is 0 Å². The molecule has 54 heavy (non-hydrogen) atoms. The molecule has 14 nitrogen and oxygen atoms in total. The van der Waals surface area contributed by atoms with Crippen LogP contribution in [0.25, 0.3) is 48.6 Å². The van der Waals surface area contributed by atoms with Crippen molar-refractivity contribution in [3.05, 3.63) is 118 Å². The molecule has 0 aliphatic carbocycles. The molecule has 0 aromatic carbocycles. The quantitative estimate of drug-likeness (QED) is 0.109. The molecule has 0 aliphatic heterocycles. The Bertz CT molecular complexity index is 2010. The van der Waals surface area contributed by atoms with Gasteiger partial charge in [0.25, 0.3) is 0 Å². The Hall–Kier alpha value is -7.48. The first-order valence-corrected chi connectivity index (χ1v) is 16.6. The lowest BCUT2D eigenvalue weighted by Crippen LogP contribution is -2.07. The fraction of sp³-hybridized carbons (Fsp3) is 0.100. The number of hydrogen-bond donors (Lipinski definition) is 4. The Morgan fingerprint density at radius 3 is 0.778 bits per heavy atom. The third-order valence-electron chi connectivity index (χ3n) is 6.95. The van der Waals surface area contributed by atoms with Crippen LogP contribution in [0.4, 0.5) is 23.3 Å². The lowest BCUT2D eigenvalue weighted by molar-refractivity contribution is -0.115. The van der Waals surface area contributed by atoms with E-state index in [-0.39, 0.29) is 23.6 Å². The van der Waals surface area contributed by atoms with Crippen molar-refractivity contribution in [2.45, 2.75) is 27.7 Å². The molecule has 0 aliphatic rings. The largest absolute Gasteiger partial charge is 0.311 e. The van der Waals surface area contributed by atoms with E-state index in [1.807, 2.05) is 0 Å². The van der Waals surface area contributed by atoms with Crippen molar-refractivity contribution in [2.24, 2.45) is 0 Å². The summed E-state index contributed by atoms with van der Waals surface area (Å²) in [4.78, 5) is 74.5. The number of pyridine rings is 4. The number of anilines is 4. The first-order chi connectivity index (χ1) is 26.0. The molecule has 4 N–H and O–H groups in total. The van der Waals surface area contributed by atoms with Gasteiger partial charge in [0.15, 0.2) is 0 Å². The standard InChI is InChI=1S/C40H36N10O4/c1-25(51)41-37-13-5-9-29(45-37)17-21-33-34(22-18-30-10-6-14-38(46-30)42-26(2)52)50-36(24-20-32-12-8-16-40(48-32)44-28(4)54)35(49-33)23-19-31-11-7-15-39(47-31)43-27(3)53/h5-24H,1-4H3,(H,41,45,51)(H,42,46,52)(H,43,47,53)(H,44,48,54). The van der Waals surface area contributed by atoms with Crippen molar-refractivity contribution in [1.82, 2.24) is 29.9 Å². The minimum atomic E-state index is -0.243. The minimum Gasteiger partial charge on any atom is -0.311 e. The second-order valence-electron chi connectivity index (χ2n) is 11.6. The van der Waals surface area contributed by atoms with Crippen molar-refractivity contribution in [2.75, 3.05) is 21.3 Å². The predicted octanol–water partition coefficient (Wildman–Crippen LogP) is 6.57. The first kappa shape index (κ1) is 37.8. The fourth-order valence-electron chi connectivity index (χ4n) is 4.81. The molecule has 0 radical (unpaired) electrons. The maximum Gasteiger partial charge on any atom is 0.222 e. The van der Waals surface area contributed by atoms with Gasteiger partial charge >= 0.3 is 0 Å². The van der Waals surface area contributed by atoms with E-state index in [0.29, 0.717) is 68.8 Å². The molecule has 0 unspecified atom stereocenters. The number of rotatable bonds is 12. The van der Waals surface area contributed by atoms with Gasteiger partial charge in [0.05, 0.1) is 45.6 Å². The molecular weight excluding hydrogens is 685 g/mol. The second-order valence-corrected chi connectivity index (χ2v) is 11.6. The lowest BCUT2D eigenvalue weighted by Gasteiger charge is -2.08. The van der Waals surface area contributed by atoms with Crippen LogP contribution >= 0.6 is 0 Å². The SMILES string of the molecule is CC(=O)Nc1cccc(C=Cc2nc(C=Cc3cccc(NC(C)=O)n3)c(C=Cc3cccc(NC(C)=O)n3)nc2C=Cc2cccc(NC(C)=O)n2)n1. The van der Waals surface area contributed by atoms with E-state index < -0.39 is 0 Å². The molecule has 5 heterocycles. The molecule has 0 saturated carbocycles. The molecular formula is C40H36N10O4. The predicted molar refractivity (Wildman–Crippen MR) is 212 cm³/mol. The van der Waals surface area contributed by atoms with Gasteiger partial charge in [-0.1, -0.05) is 24.3 Å². The van der Waals surface area contributed by atoms with Crippen LogP contribution in [0.15, 0.2) is 72.8 Å². The zero-order valence-electron chi connectivity index (χ0n) is 29.9. The number of nitrogens with one attached hydrogen (secondary N) is 4. The van der Waals surface area contributed by atoms with Gasteiger partial charge in [0.2, 0.25) is 23.6 Å². The van der Waals surface area contributed by atoms with Gasteiger partial charge in [-0.2, -0.15) is 0 Å². The summed E-state index contributed by atoms with van der Waals surface area (Å²) in [6.07, 6.45) is 14.0. The summed E-state index contributed by atoms with van der Waals surface area (Å²) < 4.78 is 0. The van der Waals surface area contributed by atoms with Crippen molar-refractivity contribution in [1.29, 1.82) is 0 Å². The minimum absolute atomic E-state index is 0.243. The smallest absolute Gasteiger partial charge is 0.222 e. The van der Waals surface area contributed by atoms with Crippen LogP contribution in [-0.2, 0) is 19.2 Å². The van der Waals surface area contributed by atoms with Gasteiger partial charge in [0.1, 0.15) is 23.3 Å². The Balaban J connectivity index is 1.63. The van der Waals surface area contributed by atoms with Crippen molar-refractivity contribution >= 4 is 95.5 Å². The van der Waals surface area contributed by atoms with E-state index in [0.717, 1.165) is 0 Å². The average molecular weight is 721 g/mol. The maximum atomic E-state index is 11.6. The number of carbonyl (C=O) groups excluding carboxylic acids is 4. The van der Waals surface area contributed by atoms with Crippen LogP contribution in [0, 0.1) is 0 Å². The van der Waals surface area contributed by atoms with E-state index in [4.69, 9.17) is 9.97 Å². The highest BCUT2D eigenvalue weighted by molar-refractivity contribution is 5.90. The molecule has 4 amide bonds. The number of carbonyl (C=O) groups is 4. The summed E-state index contributed by atoms with van der Waals surface area (Å²) in [5.74, 6) is 0.621. The third-order valence-corrected chi connectivity index (χ3v) is 6.95. The molecule has 5 aromatic rings. The van der Waals surface area contributed by atoms with Crippen LogP contribution in [0.2, 0.25) is 0 Å². The summed E-state index contributed by atoms with van der Waals surface area (Å²) in [5.41, 5.74) is 4.13. The number of nitrogens with zero attached hydrogens (tertiary/aromatic N) is 6. The number of amides is 4. The van der Waals surface area contributed by atoms with Gasteiger partial charge in [-0.05, 0) is 97.1 Å². The zero-order valence-corrected chi connectivity index (χ0v) is 29.9. The molecule has 270 valence electrons. The Morgan fingerprint density at radius 2 is 0.574 bits per heavy atom. The van der Waals surface area contributed by atoms with Crippen molar-refractivity contribution < 1.29 is 19.2 Å². The lowest BCUT2D eigenvalue weighted by atomic mass is 10.1. The highest BCUT2D eigenvalue weighted by Gasteiger charge is 2.10. The molecule has 0 spiro atoms. The summed E-state index contributed by atoms with van der Waals surface area (Å²) in [5, 5.41) is 10.7. The van der Waals surface area contributed by atoms with Gasteiger partial charge in [-0.3, -0.25) is 19.2 Å². The fourth-order valence-corrected chi connectivity index (χ4v) is 4.81. The summed E-state index contributed by atoms with van der Waals surface area (Å²) in [7, 11) is 0. The van der Waals surface area contributed by atoms with Gasteiger partial charge in [-0.15, -0.1) is 0 Å². The van der Waals surface area contributed by atoms with E-state index in [9.17, 15) is 19.2 Å². The van der Waals surface area contributed by atoms with Crippen LogP contribution < -0.4 is 21.3 Å². The normalized spacial score (nSPS) is 11.3. The summed E-state index contributed by atoms with van der Waals surface area (Å²) in [6, 6.07) is 21.0. The van der Waals surface area contributed by atoms with Crippen LogP contribution in [0.5, 0.6) is 0 Å². The van der Waals surface area contributed by atoms with E-state index in [1.54, 1.807) is 121 Å². The average Bonchev–Trinajstić information content (AvgIpc) is 3.11. The number of aromatic nitrogens is 6. The molecule has 0 saturated heterocycles. The van der Waals surface area contributed by atoms with Gasteiger partial charge in [0, 0.05) is 27.7 Å². The Morgan fingerprint density at radius 1 is 0.352 bits per heavy atom. The monoisotopic (exact) mass is 720 g/mol. The molecule has 0 fully saturated rings. The maximum absolute atomic E-state index is 11.6. The molecule has 5 rings (SSSR count). The topological polar surface area (TPSA) is 194 Å². The van der Waals surface area contributed by atoms with Crippen LogP contribution in [0.3, 0.4) is 0 Å². The third kappa shape index (κ3) is 11.8. The second kappa shape index (κ2) is 18.1. The Labute approximate surface area is 311 Å².